The second-order valence-corrected chi connectivity index (χ2v) is 8.42. The highest BCUT2D eigenvalue weighted by molar-refractivity contribution is 6.30. The van der Waals surface area contributed by atoms with Gasteiger partial charge in [0.05, 0.1) is 6.42 Å². The van der Waals surface area contributed by atoms with Crippen molar-refractivity contribution in [2.45, 2.75) is 64.6 Å². The van der Waals surface area contributed by atoms with Crippen LogP contribution >= 0.6 is 11.6 Å². The van der Waals surface area contributed by atoms with Crippen molar-refractivity contribution in [3.8, 4) is 0 Å². The van der Waals surface area contributed by atoms with Crippen molar-refractivity contribution in [2.24, 2.45) is 0 Å². The maximum atomic E-state index is 13.2. The molecule has 0 saturated heterocycles. The number of hydrogen-bond donors (Lipinski definition) is 1. The molecular formula is C24H29ClN2O2. The maximum Gasteiger partial charge on any atom is 0.242 e. The van der Waals surface area contributed by atoms with Gasteiger partial charge in [-0.2, -0.15) is 0 Å². The third-order valence-electron chi connectivity index (χ3n) is 5.59. The van der Waals surface area contributed by atoms with Crippen LogP contribution in [0.1, 0.15) is 49.3 Å². The molecule has 1 fully saturated rings. The van der Waals surface area contributed by atoms with E-state index in [0.29, 0.717) is 11.6 Å². The van der Waals surface area contributed by atoms with E-state index in [1.807, 2.05) is 50.2 Å². The number of halogens is 1. The molecule has 1 atom stereocenters. The molecule has 0 heterocycles. The summed E-state index contributed by atoms with van der Waals surface area (Å²) in [4.78, 5) is 27.7. The van der Waals surface area contributed by atoms with Gasteiger partial charge in [0.15, 0.2) is 0 Å². The summed E-state index contributed by atoms with van der Waals surface area (Å²) in [5, 5.41) is 3.73. The maximum absolute atomic E-state index is 13.2. The molecule has 0 aliphatic heterocycles. The summed E-state index contributed by atoms with van der Waals surface area (Å²) in [6.45, 7) is 4.25. The average Bonchev–Trinajstić information content (AvgIpc) is 3.20. The van der Waals surface area contributed by atoms with Crippen molar-refractivity contribution in [2.75, 3.05) is 0 Å². The molecule has 2 aromatic rings. The highest BCUT2D eigenvalue weighted by atomic mass is 35.5. The van der Waals surface area contributed by atoms with E-state index in [1.54, 1.807) is 17.0 Å². The summed E-state index contributed by atoms with van der Waals surface area (Å²) < 4.78 is 0. The van der Waals surface area contributed by atoms with Gasteiger partial charge in [-0.25, -0.2) is 0 Å². The molecule has 0 unspecified atom stereocenters. The van der Waals surface area contributed by atoms with Crippen LogP contribution < -0.4 is 5.32 Å². The lowest BCUT2D eigenvalue weighted by Crippen LogP contribution is -2.50. The van der Waals surface area contributed by atoms with E-state index >= 15 is 0 Å². The van der Waals surface area contributed by atoms with Crippen LogP contribution in [-0.4, -0.2) is 28.8 Å². The lowest BCUT2D eigenvalue weighted by atomic mass is 10.1. The molecular weight excluding hydrogens is 384 g/mol. The van der Waals surface area contributed by atoms with Crippen LogP contribution in [-0.2, 0) is 22.6 Å². The van der Waals surface area contributed by atoms with Gasteiger partial charge in [-0.3, -0.25) is 9.59 Å². The molecule has 2 aromatic carbocycles. The Hall–Kier alpha value is -2.33. The number of nitrogens with zero attached hydrogens (tertiary/aromatic N) is 1. The smallest absolute Gasteiger partial charge is 0.242 e. The minimum absolute atomic E-state index is 0.0801. The quantitative estimate of drug-likeness (QED) is 0.718. The van der Waals surface area contributed by atoms with Gasteiger partial charge in [0.1, 0.15) is 6.04 Å². The minimum Gasteiger partial charge on any atom is -0.352 e. The van der Waals surface area contributed by atoms with Crippen molar-refractivity contribution in [1.29, 1.82) is 0 Å². The predicted molar refractivity (Wildman–Crippen MR) is 117 cm³/mol. The van der Waals surface area contributed by atoms with E-state index < -0.39 is 6.04 Å². The lowest BCUT2D eigenvalue weighted by Gasteiger charge is -2.30. The largest absolute Gasteiger partial charge is 0.352 e. The van der Waals surface area contributed by atoms with Crippen molar-refractivity contribution in [3.63, 3.8) is 0 Å². The summed E-state index contributed by atoms with van der Waals surface area (Å²) in [5.74, 6) is -0.162. The molecule has 1 N–H and O–H groups in total. The molecule has 2 amide bonds. The van der Waals surface area contributed by atoms with E-state index in [0.717, 1.165) is 42.4 Å². The molecule has 29 heavy (non-hydrogen) atoms. The fraction of sp³-hybridized carbons (Fsp3) is 0.417. The number of carbonyl (C=O) groups excluding carboxylic acids is 2. The zero-order valence-electron chi connectivity index (χ0n) is 17.2. The number of rotatable bonds is 7. The van der Waals surface area contributed by atoms with E-state index in [2.05, 4.69) is 5.32 Å². The van der Waals surface area contributed by atoms with Crippen LogP contribution in [0.15, 0.2) is 48.5 Å². The number of aryl methyl sites for hydroxylation is 1. The Morgan fingerprint density at radius 1 is 1.10 bits per heavy atom. The third kappa shape index (κ3) is 6.07. The fourth-order valence-electron chi connectivity index (χ4n) is 3.79. The SMILES string of the molecule is Cc1ccc(CN(C(=O)Cc2cccc(Cl)c2)[C@@H](C)C(=O)NC2CCCC2)cc1. The molecule has 0 spiro atoms. The summed E-state index contributed by atoms with van der Waals surface area (Å²) in [5.41, 5.74) is 3.02. The first-order valence-corrected chi connectivity index (χ1v) is 10.7. The third-order valence-corrected chi connectivity index (χ3v) is 5.82. The summed E-state index contributed by atoms with van der Waals surface area (Å²) in [7, 11) is 0. The van der Waals surface area contributed by atoms with E-state index in [9.17, 15) is 9.59 Å². The van der Waals surface area contributed by atoms with Crippen LogP contribution in [0.3, 0.4) is 0 Å². The molecule has 154 valence electrons. The number of benzene rings is 2. The van der Waals surface area contributed by atoms with Crippen molar-refractivity contribution in [1.82, 2.24) is 10.2 Å². The van der Waals surface area contributed by atoms with Crippen LogP contribution in [0.2, 0.25) is 5.02 Å². The summed E-state index contributed by atoms with van der Waals surface area (Å²) in [6.07, 6.45) is 4.56. The van der Waals surface area contributed by atoms with Gasteiger partial charge in [-0.05, 0) is 49.9 Å². The zero-order valence-corrected chi connectivity index (χ0v) is 17.9. The molecule has 1 aliphatic carbocycles. The Morgan fingerprint density at radius 3 is 2.45 bits per heavy atom. The molecule has 5 heteroatoms. The zero-order chi connectivity index (χ0) is 20.8. The standard InChI is InChI=1S/C24H29ClN2O2/c1-17-10-12-19(13-11-17)16-27(18(2)24(29)26-22-8-3-4-9-22)23(28)15-20-6-5-7-21(25)14-20/h5-7,10-14,18,22H,3-4,8-9,15-16H2,1-2H3,(H,26,29)/t18-/m0/s1. The molecule has 0 aromatic heterocycles. The first-order chi connectivity index (χ1) is 13.9. The second-order valence-electron chi connectivity index (χ2n) is 7.98. The molecule has 0 bridgehead atoms. The highest BCUT2D eigenvalue weighted by Gasteiger charge is 2.28. The van der Waals surface area contributed by atoms with Gasteiger partial charge in [-0.1, -0.05) is 66.4 Å². The van der Waals surface area contributed by atoms with Crippen LogP contribution in [0.4, 0.5) is 0 Å². The Labute approximate surface area is 178 Å². The van der Waals surface area contributed by atoms with Crippen molar-refractivity contribution in [3.05, 3.63) is 70.2 Å². The lowest BCUT2D eigenvalue weighted by molar-refractivity contribution is -0.140. The highest BCUT2D eigenvalue weighted by Crippen LogP contribution is 2.19. The molecule has 4 nitrogen and oxygen atoms in total. The number of hydrogen-bond acceptors (Lipinski definition) is 2. The average molecular weight is 413 g/mol. The van der Waals surface area contributed by atoms with Crippen LogP contribution in [0, 0.1) is 6.92 Å². The molecule has 0 radical (unpaired) electrons. The normalized spacial score (nSPS) is 15.1. The monoisotopic (exact) mass is 412 g/mol. The van der Waals surface area contributed by atoms with E-state index in [-0.39, 0.29) is 24.3 Å². The Bertz CT molecular complexity index is 844. The van der Waals surface area contributed by atoms with Gasteiger partial charge in [0.2, 0.25) is 11.8 Å². The molecule has 1 saturated carbocycles. The van der Waals surface area contributed by atoms with Gasteiger partial charge in [0.25, 0.3) is 0 Å². The van der Waals surface area contributed by atoms with E-state index in [1.165, 1.54) is 0 Å². The second kappa shape index (κ2) is 9.93. The van der Waals surface area contributed by atoms with Gasteiger partial charge >= 0.3 is 0 Å². The first kappa shape index (κ1) is 21.4. The first-order valence-electron chi connectivity index (χ1n) is 10.3. The number of carbonyl (C=O) groups is 2. The Morgan fingerprint density at radius 2 is 1.79 bits per heavy atom. The summed E-state index contributed by atoms with van der Waals surface area (Å²) in [6, 6.07) is 15.1. The Balaban J connectivity index is 1.76. The van der Waals surface area contributed by atoms with Gasteiger partial charge in [0, 0.05) is 17.6 Å². The van der Waals surface area contributed by atoms with Crippen LogP contribution in [0.25, 0.3) is 0 Å². The topological polar surface area (TPSA) is 49.4 Å². The minimum atomic E-state index is -0.538. The van der Waals surface area contributed by atoms with Gasteiger partial charge in [-0.15, -0.1) is 0 Å². The van der Waals surface area contributed by atoms with Gasteiger partial charge < -0.3 is 10.2 Å². The summed E-state index contributed by atoms with van der Waals surface area (Å²) >= 11 is 6.07. The molecule has 3 rings (SSSR count). The number of amides is 2. The Kier molecular flexibility index (Phi) is 7.32. The van der Waals surface area contributed by atoms with Crippen molar-refractivity contribution >= 4 is 23.4 Å². The fourth-order valence-corrected chi connectivity index (χ4v) is 4.00. The number of nitrogens with one attached hydrogen (secondary N) is 1. The van der Waals surface area contributed by atoms with E-state index in [4.69, 9.17) is 11.6 Å². The molecule has 1 aliphatic rings. The van der Waals surface area contributed by atoms with Crippen LogP contribution in [0.5, 0.6) is 0 Å². The van der Waals surface area contributed by atoms with Crippen molar-refractivity contribution < 1.29 is 9.59 Å². The predicted octanol–water partition coefficient (Wildman–Crippen LogP) is 4.67.